The number of hydrogen-bond donors (Lipinski definition) is 2. The second kappa shape index (κ2) is 8.67. The molecule has 4 rings (SSSR count). The van der Waals surface area contributed by atoms with Crippen LogP contribution in [0.5, 0.6) is 11.5 Å². The number of phenols is 1. The predicted molar refractivity (Wildman–Crippen MR) is 121 cm³/mol. The smallest absolute Gasteiger partial charge is 0.295 e. The molecule has 0 aliphatic carbocycles. The summed E-state index contributed by atoms with van der Waals surface area (Å²) >= 11 is 0. The normalized spacial score (nSPS) is 21.8. The van der Waals surface area contributed by atoms with Gasteiger partial charge in [0.1, 0.15) is 23.4 Å². The maximum absolute atomic E-state index is 13.1. The molecular formula is C25H28N2O5. The fourth-order valence-electron chi connectivity index (χ4n) is 4.43. The SMILES string of the molecule is C[C@H]1Cc2cc(/C(O)=C3\C(=O)C(=O)N(CCCN(C)C)[C@@H]3c3cccc(O)c3)ccc2O1. The van der Waals surface area contributed by atoms with Gasteiger partial charge in [0, 0.05) is 18.5 Å². The van der Waals surface area contributed by atoms with E-state index in [-0.39, 0.29) is 23.2 Å². The zero-order chi connectivity index (χ0) is 23.0. The Kier molecular flexibility index (Phi) is 5.93. The average Bonchev–Trinajstić information content (AvgIpc) is 3.24. The van der Waals surface area contributed by atoms with Gasteiger partial charge in [-0.05, 0) is 75.4 Å². The molecule has 2 N–H and O–H groups in total. The summed E-state index contributed by atoms with van der Waals surface area (Å²) in [6, 6.07) is 11.0. The first kappa shape index (κ1) is 21.9. The van der Waals surface area contributed by atoms with Crippen LogP contribution in [0.25, 0.3) is 5.76 Å². The summed E-state index contributed by atoms with van der Waals surface area (Å²) in [6.07, 6.45) is 1.44. The molecular weight excluding hydrogens is 408 g/mol. The van der Waals surface area contributed by atoms with Crippen molar-refractivity contribution in [1.29, 1.82) is 0 Å². The molecule has 2 heterocycles. The number of Topliss-reactive ketones (excluding diaryl/α,β-unsaturated/α-hetero) is 1. The number of hydrogen-bond acceptors (Lipinski definition) is 6. The number of ketones is 1. The summed E-state index contributed by atoms with van der Waals surface area (Å²) in [5.41, 5.74) is 2.04. The van der Waals surface area contributed by atoms with E-state index in [0.717, 1.165) is 17.9 Å². The van der Waals surface area contributed by atoms with Gasteiger partial charge in [-0.2, -0.15) is 0 Å². The Balaban J connectivity index is 1.78. The number of benzene rings is 2. The van der Waals surface area contributed by atoms with Crippen molar-refractivity contribution >= 4 is 17.4 Å². The highest BCUT2D eigenvalue weighted by molar-refractivity contribution is 6.46. The molecule has 0 spiro atoms. The van der Waals surface area contributed by atoms with Crippen LogP contribution in [0.3, 0.4) is 0 Å². The van der Waals surface area contributed by atoms with E-state index in [1.807, 2.05) is 32.0 Å². The van der Waals surface area contributed by atoms with E-state index in [2.05, 4.69) is 0 Å². The molecule has 1 amide bonds. The van der Waals surface area contributed by atoms with Gasteiger partial charge in [-0.1, -0.05) is 12.1 Å². The van der Waals surface area contributed by atoms with E-state index in [9.17, 15) is 19.8 Å². The van der Waals surface area contributed by atoms with Crippen LogP contribution in [0, 0.1) is 0 Å². The summed E-state index contributed by atoms with van der Waals surface area (Å²) in [6.45, 7) is 3.08. The van der Waals surface area contributed by atoms with E-state index in [0.29, 0.717) is 30.5 Å². The van der Waals surface area contributed by atoms with Crippen molar-refractivity contribution in [2.45, 2.75) is 31.9 Å². The van der Waals surface area contributed by atoms with Gasteiger partial charge in [-0.3, -0.25) is 9.59 Å². The second-order valence-electron chi connectivity index (χ2n) is 8.70. The minimum Gasteiger partial charge on any atom is -0.508 e. The van der Waals surface area contributed by atoms with E-state index < -0.39 is 17.7 Å². The Hall–Kier alpha value is -3.32. The van der Waals surface area contributed by atoms with Crippen LogP contribution in [-0.2, 0) is 16.0 Å². The second-order valence-corrected chi connectivity index (χ2v) is 8.70. The van der Waals surface area contributed by atoms with Gasteiger partial charge in [0.2, 0.25) is 0 Å². The van der Waals surface area contributed by atoms with Crippen LogP contribution in [0.15, 0.2) is 48.0 Å². The molecule has 0 radical (unpaired) electrons. The standard InChI is InChI=1S/C25H28N2O5/c1-15-12-18-13-17(8-9-20(18)32-15)23(29)21-22(16-6-4-7-19(28)14-16)27(25(31)24(21)30)11-5-10-26(2)3/h4,6-9,13-15,22,28-29H,5,10-12H2,1-3H3/b23-21+/t15-,22+/m0/s1. The summed E-state index contributed by atoms with van der Waals surface area (Å²) < 4.78 is 5.73. The van der Waals surface area contributed by atoms with Crippen LogP contribution in [-0.4, -0.2) is 65.0 Å². The van der Waals surface area contributed by atoms with Crippen molar-refractivity contribution in [3.63, 3.8) is 0 Å². The highest BCUT2D eigenvalue weighted by Crippen LogP contribution is 2.41. The van der Waals surface area contributed by atoms with Crippen molar-refractivity contribution in [2.24, 2.45) is 0 Å². The maximum Gasteiger partial charge on any atom is 0.295 e. The number of phenolic OH excluding ortho intramolecular Hbond substituents is 1. The molecule has 0 bridgehead atoms. The molecule has 1 fully saturated rings. The largest absolute Gasteiger partial charge is 0.508 e. The number of rotatable bonds is 6. The quantitative estimate of drug-likeness (QED) is 0.411. The summed E-state index contributed by atoms with van der Waals surface area (Å²) in [4.78, 5) is 29.5. The first-order valence-corrected chi connectivity index (χ1v) is 10.8. The highest BCUT2D eigenvalue weighted by atomic mass is 16.5. The van der Waals surface area contributed by atoms with Crippen LogP contribution in [0.2, 0.25) is 0 Å². The van der Waals surface area contributed by atoms with Gasteiger partial charge in [0.15, 0.2) is 0 Å². The molecule has 7 heteroatoms. The Morgan fingerprint density at radius 1 is 1.19 bits per heavy atom. The van der Waals surface area contributed by atoms with Crippen LogP contribution >= 0.6 is 0 Å². The molecule has 2 aliphatic rings. The fraction of sp³-hybridized carbons (Fsp3) is 0.360. The zero-order valence-corrected chi connectivity index (χ0v) is 18.5. The number of nitrogens with zero attached hydrogens (tertiary/aromatic N) is 2. The molecule has 2 aromatic carbocycles. The molecule has 0 aromatic heterocycles. The van der Waals surface area contributed by atoms with Crippen LogP contribution < -0.4 is 4.74 Å². The number of carbonyl (C=O) groups is 2. The van der Waals surface area contributed by atoms with Gasteiger partial charge >= 0.3 is 0 Å². The number of aliphatic hydroxyl groups excluding tert-OH is 1. The molecule has 2 aliphatic heterocycles. The van der Waals surface area contributed by atoms with Crippen molar-refractivity contribution in [2.75, 3.05) is 27.2 Å². The van der Waals surface area contributed by atoms with E-state index in [4.69, 9.17) is 4.74 Å². The van der Waals surface area contributed by atoms with Gasteiger partial charge in [-0.15, -0.1) is 0 Å². The Morgan fingerprint density at radius 2 is 1.97 bits per heavy atom. The lowest BCUT2D eigenvalue weighted by molar-refractivity contribution is -0.139. The Morgan fingerprint density at radius 3 is 2.69 bits per heavy atom. The minimum absolute atomic E-state index is 0.0325. The first-order chi connectivity index (χ1) is 15.3. The number of fused-ring (bicyclic) bond motifs is 1. The van der Waals surface area contributed by atoms with Crippen molar-refractivity contribution in [3.8, 4) is 11.5 Å². The number of likely N-dealkylation sites (tertiary alicyclic amines) is 1. The molecule has 0 unspecified atom stereocenters. The monoisotopic (exact) mass is 436 g/mol. The lowest BCUT2D eigenvalue weighted by atomic mass is 9.94. The molecule has 32 heavy (non-hydrogen) atoms. The Labute approximate surface area is 187 Å². The number of aliphatic hydroxyl groups is 1. The van der Waals surface area contributed by atoms with Crippen molar-refractivity contribution < 1.29 is 24.5 Å². The molecule has 1 saturated heterocycles. The summed E-state index contributed by atoms with van der Waals surface area (Å²) in [7, 11) is 3.89. The zero-order valence-electron chi connectivity index (χ0n) is 18.5. The minimum atomic E-state index is -0.771. The summed E-state index contributed by atoms with van der Waals surface area (Å²) in [5, 5.41) is 21.2. The topological polar surface area (TPSA) is 90.3 Å². The van der Waals surface area contributed by atoms with Crippen LogP contribution in [0.4, 0.5) is 0 Å². The maximum atomic E-state index is 13.1. The number of carbonyl (C=O) groups excluding carboxylic acids is 2. The molecule has 0 saturated carbocycles. The van der Waals surface area contributed by atoms with Gasteiger partial charge in [0.05, 0.1) is 11.6 Å². The van der Waals surface area contributed by atoms with E-state index in [1.165, 1.54) is 17.0 Å². The number of aromatic hydroxyl groups is 1. The predicted octanol–water partition coefficient (Wildman–Crippen LogP) is 3.09. The van der Waals surface area contributed by atoms with Crippen LogP contribution in [0.1, 0.15) is 36.1 Å². The number of amides is 1. The number of ether oxygens (including phenoxy) is 1. The Bertz CT molecular complexity index is 1090. The van der Waals surface area contributed by atoms with E-state index in [1.54, 1.807) is 24.3 Å². The lowest BCUT2D eigenvalue weighted by Crippen LogP contribution is -2.32. The molecule has 2 atom stereocenters. The molecule has 168 valence electrons. The van der Waals surface area contributed by atoms with Crippen molar-refractivity contribution in [1.82, 2.24) is 9.80 Å². The van der Waals surface area contributed by atoms with Gasteiger partial charge < -0.3 is 24.7 Å². The highest BCUT2D eigenvalue weighted by Gasteiger charge is 2.46. The lowest BCUT2D eigenvalue weighted by Gasteiger charge is -2.26. The van der Waals surface area contributed by atoms with Gasteiger partial charge in [-0.25, -0.2) is 0 Å². The first-order valence-electron chi connectivity index (χ1n) is 10.8. The summed E-state index contributed by atoms with van der Waals surface area (Å²) in [5.74, 6) is -0.774. The third-order valence-electron chi connectivity index (χ3n) is 5.90. The average molecular weight is 437 g/mol. The third kappa shape index (κ3) is 4.08. The van der Waals surface area contributed by atoms with E-state index >= 15 is 0 Å². The molecule has 7 nitrogen and oxygen atoms in total. The fourth-order valence-corrected chi connectivity index (χ4v) is 4.43. The van der Waals surface area contributed by atoms with Gasteiger partial charge in [0.25, 0.3) is 11.7 Å². The molecule has 2 aromatic rings. The van der Waals surface area contributed by atoms with Crippen molar-refractivity contribution in [3.05, 3.63) is 64.7 Å². The third-order valence-corrected chi connectivity index (χ3v) is 5.90.